The Morgan fingerprint density at radius 1 is 0.839 bits per heavy atom. The van der Waals surface area contributed by atoms with E-state index < -0.39 is 0 Å². The van der Waals surface area contributed by atoms with Gasteiger partial charge in [0.1, 0.15) is 5.69 Å². The van der Waals surface area contributed by atoms with Crippen LogP contribution in [0.5, 0.6) is 0 Å². The first kappa shape index (κ1) is 22.2. The minimum atomic E-state index is -0.208. The van der Waals surface area contributed by atoms with Crippen molar-refractivity contribution in [3.63, 3.8) is 0 Å². The molecule has 2 aromatic carbocycles. The van der Waals surface area contributed by atoms with Gasteiger partial charge < -0.3 is 10.2 Å². The summed E-state index contributed by atoms with van der Waals surface area (Å²) in [6.45, 7) is 3.24. The van der Waals surface area contributed by atoms with E-state index in [9.17, 15) is 9.59 Å². The van der Waals surface area contributed by atoms with Gasteiger partial charge in [0, 0.05) is 32.3 Å². The summed E-state index contributed by atoms with van der Waals surface area (Å²) < 4.78 is 0. The Hall–Kier alpha value is -3.54. The summed E-state index contributed by atoms with van der Waals surface area (Å²) in [5.41, 5.74) is 3.37. The third kappa shape index (κ3) is 7.33. The topological polar surface area (TPSA) is 75.2 Å². The summed E-state index contributed by atoms with van der Waals surface area (Å²) in [4.78, 5) is 35.4. The lowest BCUT2D eigenvalue weighted by Gasteiger charge is -2.22. The molecule has 0 fully saturated rings. The largest absolute Gasteiger partial charge is 0.356 e. The first-order valence-corrected chi connectivity index (χ1v) is 10.5. The number of benzene rings is 2. The number of nitrogens with zero attached hydrogens (tertiary/aromatic N) is 3. The molecule has 6 nitrogen and oxygen atoms in total. The Labute approximate surface area is 183 Å². The molecule has 3 aromatic rings. The minimum Gasteiger partial charge on any atom is -0.356 e. The highest BCUT2D eigenvalue weighted by atomic mass is 16.2. The molecule has 0 spiro atoms. The van der Waals surface area contributed by atoms with Crippen molar-refractivity contribution >= 4 is 11.8 Å². The van der Waals surface area contributed by atoms with Crippen LogP contribution in [0.3, 0.4) is 0 Å². The number of aromatic nitrogens is 2. The molecule has 0 radical (unpaired) electrons. The maximum absolute atomic E-state index is 13.0. The molecular weight excluding hydrogens is 388 g/mol. The van der Waals surface area contributed by atoms with Gasteiger partial charge in [0.2, 0.25) is 5.91 Å². The standard InChI is InChI=1S/C25H28N4O2/c1-20-18-28-23(19-27-20)25(31)29(16-13-22-10-6-3-7-11-22)17-14-24(30)26-15-12-21-8-4-2-5-9-21/h2-11,18-19H,12-17H2,1H3,(H,26,30). The van der Waals surface area contributed by atoms with E-state index in [4.69, 9.17) is 0 Å². The average Bonchev–Trinajstić information content (AvgIpc) is 2.80. The molecule has 6 heteroatoms. The predicted molar refractivity (Wildman–Crippen MR) is 121 cm³/mol. The van der Waals surface area contributed by atoms with Gasteiger partial charge in [-0.25, -0.2) is 4.98 Å². The smallest absolute Gasteiger partial charge is 0.274 e. The number of amides is 2. The molecule has 0 bridgehead atoms. The molecule has 0 atom stereocenters. The fourth-order valence-corrected chi connectivity index (χ4v) is 3.20. The molecule has 1 aromatic heterocycles. The monoisotopic (exact) mass is 416 g/mol. The molecule has 0 aliphatic carbocycles. The highest BCUT2D eigenvalue weighted by Crippen LogP contribution is 2.07. The van der Waals surface area contributed by atoms with Crippen LogP contribution >= 0.6 is 0 Å². The lowest BCUT2D eigenvalue weighted by molar-refractivity contribution is -0.121. The van der Waals surface area contributed by atoms with Crippen molar-refractivity contribution in [3.05, 3.63) is 95.6 Å². The zero-order chi connectivity index (χ0) is 21.9. The number of rotatable bonds is 10. The molecule has 2 amide bonds. The van der Waals surface area contributed by atoms with Crippen molar-refractivity contribution in [2.75, 3.05) is 19.6 Å². The zero-order valence-electron chi connectivity index (χ0n) is 17.8. The van der Waals surface area contributed by atoms with Gasteiger partial charge in [-0.1, -0.05) is 60.7 Å². The summed E-state index contributed by atoms with van der Waals surface area (Å²) in [6.07, 6.45) is 4.81. The lowest BCUT2D eigenvalue weighted by Crippen LogP contribution is -2.37. The average molecular weight is 417 g/mol. The van der Waals surface area contributed by atoms with Gasteiger partial charge in [-0.15, -0.1) is 0 Å². The Morgan fingerprint density at radius 2 is 1.48 bits per heavy atom. The van der Waals surface area contributed by atoms with Gasteiger partial charge in [-0.2, -0.15) is 0 Å². The number of carbonyl (C=O) groups is 2. The highest BCUT2D eigenvalue weighted by molar-refractivity contribution is 5.92. The van der Waals surface area contributed by atoms with Gasteiger partial charge in [0.15, 0.2) is 0 Å². The van der Waals surface area contributed by atoms with E-state index in [1.807, 2.05) is 67.6 Å². The fourth-order valence-electron chi connectivity index (χ4n) is 3.20. The number of carbonyl (C=O) groups excluding carboxylic acids is 2. The van der Waals surface area contributed by atoms with Crippen LogP contribution in [0.1, 0.15) is 33.7 Å². The van der Waals surface area contributed by atoms with Crippen LogP contribution in [0, 0.1) is 6.92 Å². The van der Waals surface area contributed by atoms with Crippen LogP contribution in [0.15, 0.2) is 73.1 Å². The van der Waals surface area contributed by atoms with Crippen LogP contribution in [-0.2, 0) is 17.6 Å². The fraction of sp³-hybridized carbons (Fsp3) is 0.280. The quantitative estimate of drug-likeness (QED) is 0.551. The third-order valence-electron chi connectivity index (χ3n) is 4.99. The summed E-state index contributed by atoms with van der Waals surface area (Å²) >= 11 is 0. The van der Waals surface area contributed by atoms with E-state index in [1.165, 1.54) is 11.8 Å². The molecule has 0 aliphatic heterocycles. The third-order valence-corrected chi connectivity index (χ3v) is 4.99. The molecule has 0 unspecified atom stereocenters. The predicted octanol–water partition coefficient (Wildman–Crippen LogP) is 3.22. The Kier molecular flexibility index (Phi) is 8.29. The number of hydrogen-bond donors (Lipinski definition) is 1. The molecule has 0 aliphatic rings. The van der Waals surface area contributed by atoms with E-state index in [-0.39, 0.29) is 18.2 Å². The van der Waals surface area contributed by atoms with Crippen molar-refractivity contribution in [2.45, 2.75) is 26.2 Å². The minimum absolute atomic E-state index is 0.0663. The van der Waals surface area contributed by atoms with Crippen LogP contribution in [-0.4, -0.2) is 46.3 Å². The van der Waals surface area contributed by atoms with E-state index >= 15 is 0 Å². The number of hydrogen-bond acceptors (Lipinski definition) is 4. The van der Waals surface area contributed by atoms with Crippen molar-refractivity contribution in [1.82, 2.24) is 20.2 Å². The van der Waals surface area contributed by atoms with Gasteiger partial charge in [0.05, 0.1) is 11.9 Å². The molecule has 1 heterocycles. The van der Waals surface area contributed by atoms with Crippen LogP contribution in [0.4, 0.5) is 0 Å². The second kappa shape index (κ2) is 11.6. The van der Waals surface area contributed by atoms with E-state index in [0.29, 0.717) is 31.7 Å². The van der Waals surface area contributed by atoms with Crippen LogP contribution in [0.25, 0.3) is 0 Å². The van der Waals surface area contributed by atoms with Gasteiger partial charge >= 0.3 is 0 Å². The molecule has 3 rings (SSSR count). The molecule has 1 N–H and O–H groups in total. The van der Waals surface area contributed by atoms with E-state index in [0.717, 1.165) is 17.7 Å². The molecule has 31 heavy (non-hydrogen) atoms. The Morgan fingerprint density at radius 3 is 2.10 bits per heavy atom. The zero-order valence-corrected chi connectivity index (χ0v) is 17.8. The Bertz CT molecular complexity index is 960. The summed E-state index contributed by atoms with van der Waals surface area (Å²) in [7, 11) is 0. The van der Waals surface area contributed by atoms with Gasteiger partial charge in [0.25, 0.3) is 5.91 Å². The first-order valence-electron chi connectivity index (χ1n) is 10.5. The van der Waals surface area contributed by atoms with Crippen molar-refractivity contribution in [2.24, 2.45) is 0 Å². The molecule has 0 saturated heterocycles. The molecule has 0 saturated carbocycles. The summed E-state index contributed by atoms with van der Waals surface area (Å²) in [5.74, 6) is -0.274. The van der Waals surface area contributed by atoms with Crippen LogP contribution < -0.4 is 5.32 Å². The number of nitrogens with one attached hydrogen (secondary N) is 1. The van der Waals surface area contributed by atoms with E-state index in [1.54, 1.807) is 11.1 Å². The van der Waals surface area contributed by atoms with E-state index in [2.05, 4.69) is 15.3 Å². The number of aryl methyl sites for hydroxylation is 1. The second-order valence-corrected chi connectivity index (χ2v) is 7.41. The van der Waals surface area contributed by atoms with Gasteiger partial charge in [-0.3, -0.25) is 14.6 Å². The molecule has 160 valence electrons. The van der Waals surface area contributed by atoms with Gasteiger partial charge in [-0.05, 0) is 30.9 Å². The van der Waals surface area contributed by atoms with Crippen molar-refractivity contribution < 1.29 is 9.59 Å². The summed E-state index contributed by atoms with van der Waals surface area (Å²) in [6, 6.07) is 20.0. The second-order valence-electron chi connectivity index (χ2n) is 7.41. The maximum atomic E-state index is 13.0. The first-order chi connectivity index (χ1) is 15.1. The van der Waals surface area contributed by atoms with Crippen LogP contribution in [0.2, 0.25) is 0 Å². The van der Waals surface area contributed by atoms with Crippen molar-refractivity contribution in [1.29, 1.82) is 0 Å². The maximum Gasteiger partial charge on any atom is 0.274 e. The molecular formula is C25H28N4O2. The normalized spacial score (nSPS) is 10.5. The highest BCUT2D eigenvalue weighted by Gasteiger charge is 2.18. The lowest BCUT2D eigenvalue weighted by atomic mass is 10.1. The summed E-state index contributed by atoms with van der Waals surface area (Å²) in [5, 5.41) is 2.94. The SMILES string of the molecule is Cc1cnc(C(=O)N(CCC(=O)NCCc2ccccc2)CCc2ccccc2)cn1. The Balaban J connectivity index is 1.55. The van der Waals surface area contributed by atoms with Crippen molar-refractivity contribution in [3.8, 4) is 0 Å².